The molecule has 6 heteroatoms. The van der Waals surface area contributed by atoms with Crippen LogP contribution in [0.3, 0.4) is 0 Å². The zero-order chi connectivity index (χ0) is 21.1. The SMILES string of the molecule is C=C1C=C(c2nc(NC3CCCCC3)ncc2F)C=CN1Cc1ccc(C)c(F)c1. The fourth-order valence-electron chi connectivity index (χ4n) is 3.88. The maximum Gasteiger partial charge on any atom is 0.223 e. The average molecular weight is 408 g/mol. The summed E-state index contributed by atoms with van der Waals surface area (Å²) in [6, 6.07) is 5.53. The number of aromatic nitrogens is 2. The fraction of sp³-hybridized carbons (Fsp3) is 0.333. The van der Waals surface area contributed by atoms with Crippen LogP contribution in [0.5, 0.6) is 0 Å². The molecule has 1 aromatic carbocycles. The van der Waals surface area contributed by atoms with Crippen molar-refractivity contribution < 1.29 is 8.78 Å². The molecule has 0 amide bonds. The van der Waals surface area contributed by atoms with Crippen LogP contribution in [-0.4, -0.2) is 20.9 Å². The van der Waals surface area contributed by atoms with E-state index in [1.54, 1.807) is 25.1 Å². The van der Waals surface area contributed by atoms with E-state index in [-0.39, 0.29) is 11.5 Å². The van der Waals surface area contributed by atoms with Crippen LogP contribution in [0.15, 0.2) is 55.0 Å². The second kappa shape index (κ2) is 8.78. The summed E-state index contributed by atoms with van der Waals surface area (Å²) < 4.78 is 28.3. The molecule has 1 aliphatic heterocycles. The van der Waals surface area contributed by atoms with Gasteiger partial charge in [-0.2, -0.15) is 0 Å². The van der Waals surface area contributed by atoms with Gasteiger partial charge >= 0.3 is 0 Å². The molecule has 1 aromatic heterocycles. The Morgan fingerprint density at radius 1 is 1.17 bits per heavy atom. The molecule has 0 radical (unpaired) electrons. The average Bonchev–Trinajstić information content (AvgIpc) is 2.74. The number of hydrogen-bond donors (Lipinski definition) is 1. The summed E-state index contributed by atoms with van der Waals surface area (Å²) in [7, 11) is 0. The Balaban J connectivity index is 1.49. The first kappa shape index (κ1) is 20.3. The lowest BCUT2D eigenvalue weighted by Gasteiger charge is -2.25. The van der Waals surface area contributed by atoms with Crippen LogP contribution >= 0.6 is 0 Å². The number of aryl methyl sites for hydroxylation is 1. The van der Waals surface area contributed by atoms with Gasteiger partial charge in [-0.15, -0.1) is 0 Å². The minimum atomic E-state index is -0.470. The van der Waals surface area contributed by atoms with Crippen LogP contribution in [0.2, 0.25) is 0 Å². The third-order valence-electron chi connectivity index (χ3n) is 5.67. The van der Waals surface area contributed by atoms with E-state index in [1.807, 2.05) is 17.2 Å². The van der Waals surface area contributed by atoms with E-state index in [0.29, 0.717) is 35.4 Å². The Hall–Kier alpha value is -3.02. The Morgan fingerprint density at radius 2 is 1.97 bits per heavy atom. The van der Waals surface area contributed by atoms with Crippen molar-refractivity contribution in [3.63, 3.8) is 0 Å². The second-order valence-corrected chi connectivity index (χ2v) is 7.99. The molecule has 1 saturated carbocycles. The predicted octanol–water partition coefficient (Wildman–Crippen LogP) is 5.73. The van der Waals surface area contributed by atoms with Crippen molar-refractivity contribution in [1.29, 1.82) is 0 Å². The molecule has 0 spiro atoms. The third kappa shape index (κ3) is 4.58. The minimum absolute atomic E-state index is 0.226. The van der Waals surface area contributed by atoms with Gasteiger partial charge < -0.3 is 10.2 Å². The van der Waals surface area contributed by atoms with E-state index in [1.165, 1.54) is 31.5 Å². The smallest absolute Gasteiger partial charge is 0.223 e. The van der Waals surface area contributed by atoms with Gasteiger partial charge in [-0.3, -0.25) is 0 Å². The maximum atomic E-state index is 14.5. The van der Waals surface area contributed by atoms with Gasteiger partial charge in [-0.1, -0.05) is 38.0 Å². The molecule has 156 valence electrons. The summed E-state index contributed by atoms with van der Waals surface area (Å²) >= 11 is 0. The van der Waals surface area contributed by atoms with Crippen molar-refractivity contribution in [1.82, 2.24) is 14.9 Å². The summed E-state index contributed by atoms with van der Waals surface area (Å²) in [5.74, 6) is -0.242. The van der Waals surface area contributed by atoms with Gasteiger partial charge in [0.2, 0.25) is 5.95 Å². The summed E-state index contributed by atoms with van der Waals surface area (Å²) in [6.45, 7) is 6.30. The maximum absolute atomic E-state index is 14.5. The van der Waals surface area contributed by atoms with E-state index in [4.69, 9.17) is 0 Å². The first-order valence-corrected chi connectivity index (χ1v) is 10.4. The molecule has 4 rings (SSSR count). The minimum Gasteiger partial charge on any atom is -0.351 e. The first-order valence-electron chi connectivity index (χ1n) is 10.4. The number of nitrogens with one attached hydrogen (secondary N) is 1. The van der Waals surface area contributed by atoms with Gasteiger partial charge in [-0.05, 0) is 49.1 Å². The number of hydrogen-bond acceptors (Lipinski definition) is 4. The highest BCUT2D eigenvalue weighted by molar-refractivity contribution is 5.75. The molecule has 4 nitrogen and oxygen atoms in total. The van der Waals surface area contributed by atoms with Gasteiger partial charge in [-0.25, -0.2) is 18.7 Å². The Kier molecular flexibility index (Phi) is 5.93. The molecule has 0 unspecified atom stereocenters. The lowest BCUT2D eigenvalue weighted by molar-refractivity contribution is 0.460. The zero-order valence-electron chi connectivity index (χ0n) is 17.2. The molecule has 1 aliphatic carbocycles. The topological polar surface area (TPSA) is 41.1 Å². The van der Waals surface area contributed by atoms with Gasteiger partial charge in [0.1, 0.15) is 11.5 Å². The van der Waals surface area contributed by atoms with Crippen LogP contribution < -0.4 is 5.32 Å². The van der Waals surface area contributed by atoms with E-state index in [0.717, 1.165) is 18.4 Å². The largest absolute Gasteiger partial charge is 0.351 e. The highest BCUT2D eigenvalue weighted by Gasteiger charge is 2.18. The molecule has 2 aliphatic rings. The normalized spacial score (nSPS) is 17.2. The number of benzene rings is 1. The lowest BCUT2D eigenvalue weighted by atomic mass is 9.96. The predicted molar refractivity (Wildman–Crippen MR) is 115 cm³/mol. The number of nitrogens with zero attached hydrogens (tertiary/aromatic N) is 3. The number of anilines is 1. The Morgan fingerprint density at radius 3 is 2.70 bits per heavy atom. The summed E-state index contributed by atoms with van der Waals surface area (Å²) in [5.41, 5.74) is 3.03. The van der Waals surface area contributed by atoms with Crippen molar-refractivity contribution in [2.75, 3.05) is 5.32 Å². The van der Waals surface area contributed by atoms with Crippen molar-refractivity contribution >= 4 is 11.5 Å². The highest BCUT2D eigenvalue weighted by atomic mass is 19.1. The summed E-state index contributed by atoms with van der Waals surface area (Å²) in [6.07, 6.45) is 12.5. The van der Waals surface area contributed by atoms with E-state index in [2.05, 4.69) is 21.9 Å². The fourth-order valence-corrected chi connectivity index (χ4v) is 3.88. The number of allylic oxidation sites excluding steroid dienone is 3. The molecule has 1 N–H and O–H groups in total. The molecule has 2 aromatic rings. The molecular weight excluding hydrogens is 382 g/mol. The van der Waals surface area contributed by atoms with Crippen LogP contribution in [0.25, 0.3) is 5.57 Å². The zero-order valence-corrected chi connectivity index (χ0v) is 17.2. The molecule has 0 bridgehead atoms. The van der Waals surface area contributed by atoms with Gasteiger partial charge in [0.05, 0.1) is 6.20 Å². The van der Waals surface area contributed by atoms with Crippen molar-refractivity contribution in [3.05, 3.63) is 83.5 Å². The number of halogens is 2. The Bertz CT molecular complexity index is 1010. The molecule has 2 heterocycles. The molecular formula is C24H26F2N4. The van der Waals surface area contributed by atoms with Crippen molar-refractivity contribution in [2.45, 2.75) is 51.6 Å². The van der Waals surface area contributed by atoms with Crippen molar-refractivity contribution in [3.8, 4) is 0 Å². The second-order valence-electron chi connectivity index (χ2n) is 7.99. The Labute approximate surface area is 176 Å². The van der Waals surface area contributed by atoms with Gasteiger partial charge in [0.25, 0.3) is 0 Å². The molecule has 0 atom stereocenters. The monoisotopic (exact) mass is 408 g/mol. The van der Waals surface area contributed by atoms with Crippen LogP contribution in [-0.2, 0) is 6.54 Å². The van der Waals surface area contributed by atoms with Crippen LogP contribution in [0.4, 0.5) is 14.7 Å². The highest BCUT2D eigenvalue weighted by Crippen LogP contribution is 2.27. The molecule has 0 saturated heterocycles. The van der Waals surface area contributed by atoms with Gasteiger partial charge in [0.15, 0.2) is 5.82 Å². The summed E-state index contributed by atoms with van der Waals surface area (Å²) in [4.78, 5) is 10.4. The quantitative estimate of drug-likeness (QED) is 0.686. The third-order valence-corrected chi connectivity index (χ3v) is 5.67. The standard InChI is InChI=1S/C24H26F2N4/c1-16-8-9-18(13-21(16)25)15-30-11-10-19(12-17(30)2)23-22(26)14-27-24(29-23)28-20-6-4-3-5-7-20/h8-14,20H,2-7,15H2,1H3,(H,27,28,29). The number of rotatable bonds is 5. The molecule has 1 fully saturated rings. The van der Waals surface area contributed by atoms with Crippen LogP contribution in [0, 0.1) is 18.6 Å². The van der Waals surface area contributed by atoms with E-state index < -0.39 is 5.82 Å². The van der Waals surface area contributed by atoms with Gasteiger partial charge in [0, 0.05) is 30.1 Å². The summed E-state index contributed by atoms with van der Waals surface area (Å²) in [5, 5.41) is 3.34. The first-order chi connectivity index (χ1) is 14.5. The van der Waals surface area contributed by atoms with Crippen molar-refractivity contribution in [2.24, 2.45) is 0 Å². The van der Waals surface area contributed by atoms with Crippen LogP contribution in [0.1, 0.15) is 48.9 Å². The lowest BCUT2D eigenvalue weighted by Crippen LogP contribution is -2.24. The van der Waals surface area contributed by atoms with E-state index >= 15 is 0 Å². The molecule has 30 heavy (non-hydrogen) atoms. The van der Waals surface area contributed by atoms with E-state index in [9.17, 15) is 8.78 Å².